The largest absolute Gasteiger partial charge is 0.338 e. The van der Waals surface area contributed by atoms with E-state index in [1.807, 2.05) is 77.1 Å². The van der Waals surface area contributed by atoms with Crippen LogP contribution in [-0.4, -0.2) is 42.9 Å². The standard InChI is InChI=1S/C25H25N5OS/c1-3-29(17-20-11-5-4-6-12-20)23(31)18-32-25-28-27-24(21-13-9-15-26-16-21)30(25)22-14-8-7-10-19(22)2/h4-16H,3,17-18H2,1-2H3. The van der Waals surface area contributed by atoms with Gasteiger partial charge in [-0.15, -0.1) is 10.2 Å². The molecule has 6 nitrogen and oxygen atoms in total. The van der Waals surface area contributed by atoms with Gasteiger partial charge in [0.1, 0.15) is 0 Å². The van der Waals surface area contributed by atoms with Gasteiger partial charge >= 0.3 is 0 Å². The fourth-order valence-electron chi connectivity index (χ4n) is 3.47. The molecule has 0 aliphatic rings. The Kier molecular flexibility index (Phi) is 6.97. The van der Waals surface area contributed by atoms with Gasteiger partial charge in [-0.3, -0.25) is 14.3 Å². The highest BCUT2D eigenvalue weighted by atomic mass is 32.2. The number of benzene rings is 2. The van der Waals surface area contributed by atoms with Crippen LogP contribution in [-0.2, 0) is 11.3 Å². The third kappa shape index (κ3) is 4.89. The second-order valence-corrected chi connectivity index (χ2v) is 8.29. The van der Waals surface area contributed by atoms with E-state index in [2.05, 4.69) is 28.2 Å². The maximum atomic E-state index is 13.0. The number of hydrogen-bond donors (Lipinski definition) is 0. The van der Waals surface area contributed by atoms with Gasteiger partial charge in [-0.2, -0.15) is 0 Å². The number of aromatic nitrogens is 4. The number of nitrogens with zero attached hydrogens (tertiary/aromatic N) is 5. The van der Waals surface area contributed by atoms with Crippen molar-refractivity contribution in [3.8, 4) is 17.1 Å². The van der Waals surface area contributed by atoms with E-state index in [0.717, 1.165) is 22.4 Å². The number of carbonyl (C=O) groups excluding carboxylic acids is 1. The van der Waals surface area contributed by atoms with Crippen LogP contribution in [0.3, 0.4) is 0 Å². The van der Waals surface area contributed by atoms with Crippen molar-refractivity contribution in [2.24, 2.45) is 0 Å². The Morgan fingerprint density at radius 1 is 1.00 bits per heavy atom. The normalized spacial score (nSPS) is 10.8. The van der Waals surface area contributed by atoms with E-state index < -0.39 is 0 Å². The van der Waals surface area contributed by atoms with Crippen LogP contribution in [0.4, 0.5) is 0 Å². The Balaban J connectivity index is 1.59. The van der Waals surface area contributed by atoms with Gasteiger partial charge in [-0.1, -0.05) is 60.3 Å². The molecule has 4 rings (SSSR count). The van der Waals surface area contributed by atoms with E-state index in [1.54, 1.807) is 12.4 Å². The number of pyridine rings is 1. The summed E-state index contributed by atoms with van der Waals surface area (Å²) in [6.07, 6.45) is 3.51. The lowest BCUT2D eigenvalue weighted by molar-refractivity contribution is -0.128. The van der Waals surface area contributed by atoms with E-state index in [4.69, 9.17) is 0 Å². The molecule has 0 saturated carbocycles. The van der Waals surface area contributed by atoms with Crippen LogP contribution in [0.2, 0.25) is 0 Å². The summed E-state index contributed by atoms with van der Waals surface area (Å²) in [6, 6.07) is 22.0. The zero-order valence-electron chi connectivity index (χ0n) is 18.2. The van der Waals surface area contributed by atoms with E-state index in [1.165, 1.54) is 11.8 Å². The molecular formula is C25H25N5OS. The van der Waals surface area contributed by atoms with E-state index in [0.29, 0.717) is 24.1 Å². The van der Waals surface area contributed by atoms with Crippen molar-refractivity contribution >= 4 is 17.7 Å². The maximum absolute atomic E-state index is 13.0. The highest BCUT2D eigenvalue weighted by Gasteiger charge is 2.20. The minimum absolute atomic E-state index is 0.0728. The summed E-state index contributed by atoms with van der Waals surface area (Å²) in [6.45, 7) is 5.31. The van der Waals surface area contributed by atoms with E-state index >= 15 is 0 Å². The predicted molar refractivity (Wildman–Crippen MR) is 128 cm³/mol. The number of carbonyl (C=O) groups is 1. The highest BCUT2D eigenvalue weighted by Crippen LogP contribution is 2.29. The summed E-state index contributed by atoms with van der Waals surface area (Å²) in [5.74, 6) is 1.07. The summed E-state index contributed by atoms with van der Waals surface area (Å²) in [4.78, 5) is 19.1. The molecule has 0 radical (unpaired) electrons. The highest BCUT2D eigenvalue weighted by molar-refractivity contribution is 7.99. The molecule has 0 N–H and O–H groups in total. The monoisotopic (exact) mass is 443 g/mol. The van der Waals surface area contributed by atoms with Gasteiger partial charge in [0.25, 0.3) is 0 Å². The van der Waals surface area contributed by atoms with Crippen molar-refractivity contribution in [3.63, 3.8) is 0 Å². The van der Waals surface area contributed by atoms with Crippen LogP contribution < -0.4 is 0 Å². The second kappa shape index (κ2) is 10.2. The Bertz CT molecular complexity index is 1180. The summed E-state index contributed by atoms with van der Waals surface area (Å²) in [5.41, 5.74) is 4.09. The zero-order chi connectivity index (χ0) is 22.3. The molecule has 7 heteroatoms. The van der Waals surface area contributed by atoms with Gasteiger partial charge < -0.3 is 4.90 Å². The first-order valence-corrected chi connectivity index (χ1v) is 11.5. The second-order valence-electron chi connectivity index (χ2n) is 7.35. The third-order valence-electron chi connectivity index (χ3n) is 5.18. The first-order chi connectivity index (χ1) is 15.7. The van der Waals surface area contributed by atoms with Crippen molar-refractivity contribution in [1.82, 2.24) is 24.6 Å². The minimum atomic E-state index is 0.0728. The molecule has 4 aromatic rings. The van der Waals surface area contributed by atoms with Crippen LogP contribution in [0, 0.1) is 6.92 Å². The molecule has 2 aromatic carbocycles. The van der Waals surface area contributed by atoms with Gasteiger partial charge in [-0.25, -0.2) is 0 Å². The third-order valence-corrected chi connectivity index (χ3v) is 6.10. The van der Waals surface area contributed by atoms with E-state index in [-0.39, 0.29) is 11.7 Å². The molecule has 0 saturated heterocycles. The van der Waals surface area contributed by atoms with Gasteiger partial charge in [-0.05, 0) is 43.2 Å². The number of aryl methyl sites for hydroxylation is 1. The molecule has 0 aliphatic heterocycles. The van der Waals surface area contributed by atoms with Gasteiger partial charge in [0, 0.05) is 31.0 Å². The number of thioether (sulfide) groups is 1. The topological polar surface area (TPSA) is 63.9 Å². The first-order valence-electron chi connectivity index (χ1n) is 10.5. The molecular weight excluding hydrogens is 418 g/mol. The lowest BCUT2D eigenvalue weighted by atomic mass is 10.2. The Labute approximate surface area is 192 Å². The maximum Gasteiger partial charge on any atom is 0.233 e. The smallest absolute Gasteiger partial charge is 0.233 e. The zero-order valence-corrected chi connectivity index (χ0v) is 19.0. The number of para-hydroxylation sites is 1. The lowest BCUT2D eigenvalue weighted by Gasteiger charge is -2.21. The van der Waals surface area contributed by atoms with Crippen LogP contribution in [0.5, 0.6) is 0 Å². The van der Waals surface area contributed by atoms with Crippen molar-refractivity contribution < 1.29 is 4.79 Å². The summed E-state index contributed by atoms with van der Waals surface area (Å²) in [7, 11) is 0. The summed E-state index contributed by atoms with van der Waals surface area (Å²) >= 11 is 1.41. The average Bonchev–Trinajstić information content (AvgIpc) is 3.26. The van der Waals surface area contributed by atoms with Gasteiger partial charge in [0.2, 0.25) is 5.91 Å². The molecule has 2 aromatic heterocycles. The van der Waals surface area contributed by atoms with Crippen LogP contribution >= 0.6 is 11.8 Å². The molecule has 0 fully saturated rings. The average molecular weight is 444 g/mol. The quantitative estimate of drug-likeness (QED) is 0.367. The first kappa shape index (κ1) is 21.8. The van der Waals surface area contributed by atoms with Crippen LogP contribution in [0.25, 0.3) is 17.1 Å². The molecule has 2 heterocycles. The Morgan fingerprint density at radius 2 is 1.78 bits per heavy atom. The molecule has 0 atom stereocenters. The van der Waals surface area contributed by atoms with Crippen molar-refractivity contribution in [3.05, 3.63) is 90.3 Å². The van der Waals surface area contributed by atoms with Gasteiger partial charge in [0.05, 0.1) is 11.4 Å². The molecule has 162 valence electrons. The lowest BCUT2D eigenvalue weighted by Crippen LogP contribution is -2.31. The fourth-order valence-corrected chi connectivity index (χ4v) is 4.32. The van der Waals surface area contributed by atoms with Crippen molar-refractivity contribution in [2.75, 3.05) is 12.3 Å². The van der Waals surface area contributed by atoms with Crippen molar-refractivity contribution in [2.45, 2.75) is 25.5 Å². The Morgan fingerprint density at radius 3 is 2.50 bits per heavy atom. The van der Waals surface area contributed by atoms with Crippen LogP contribution in [0.15, 0.2) is 84.3 Å². The van der Waals surface area contributed by atoms with Crippen LogP contribution in [0.1, 0.15) is 18.1 Å². The molecule has 0 bridgehead atoms. The molecule has 0 spiro atoms. The molecule has 32 heavy (non-hydrogen) atoms. The molecule has 0 unspecified atom stereocenters. The summed E-state index contributed by atoms with van der Waals surface area (Å²) in [5, 5.41) is 9.55. The molecule has 1 amide bonds. The van der Waals surface area contributed by atoms with Crippen molar-refractivity contribution in [1.29, 1.82) is 0 Å². The Hall–Kier alpha value is -3.45. The fraction of sp³-hybridized carbons (Fsp3) is 0.200. The van der Waals surface area contributed by atoms with E-state index in [9.17, 15) is 4.79 Å². The molecule has 0 aliphatic carbocycles. The minimum Gasteiger partial charge on any atom is -0.338 e. The summed E-state index contributed by atoms with van der Waals surface area (Å²) < 4.78 is 2.01. The predicted octanol–water partition coefficient (Wildman–Crippen LogP) is 4.78. The SMILES string of the molecule is CCN(Cc1ccccc1)C(=O)CSc1nnc(-c2cccnc2)n1-c1ccccc1C. The number of rotatable bonds is 8. The van der Waals surface area contributed by atoms with Gasteiger partial charge in [0.15, 0.2) is 11.0 Å². The number of amides is 1. The number of hydrogen-bond acceptors (Lipinski definition) is 5.